The Bertz CT molecular complexity index is 147. The summed E-state index contributed by atoms with van der Waals surface area (Å²) in [7, 11) is 0. The molecule has 15 heavy (non-hydrogen) atoms. The van der Waals surface area contributed by atoms with Gasteiger partial charge in [-0.15, -0.1) is 0 Å². The van der Waals surface area contributed by atoms with Crippen molar-refractivity contribution in [2.75, 3.05) is 12.3 Å². The van der Waals surface area contributed by atoms with E-state index in [2.05, 4.69) is 30.9 Å². The number of hydrogen-bond donors (Lipinski definition) is 1. The third-order valence-corrected chi connectivity index (χ3v) is 4.77. The highest BCUT2D eigenvalue weighted by molar-refractivity contribution is 7.99. The van der Waals surface area contributed by atoms with Gasteiger partial charge in [0.25, 0.3) is 0 Å². The summed E-state index contributed by atoms with van der Waals surface area (Å²) in [6.07, 6.45) is 9.90. The summed E-state index contributed by atoms with van der Waals surface area (Å²) in [6.45, 7) is 5.65. The predicted octanol–water partition coefficient (Wildman–Crippen LogP) is 3.83. The van der Waals surface area contributed by atoms with Crippen LogP contribution in [0.3, 0.4) is 0 Å². The van der Waals surface area contributed by atoms with E-state index in [1.165, 1.54) is 50.7 Å². The highest BCUT2D eigenvalue weighted by Gasteiger charge is 2.23. The Balaban J connectivity index is 2.17. The van der Waals surface area contributed by atoms with Gasteiger partial charge in [-0.2, -0.15) is 11.8 Å². The summed E-state index contributed by atoms with van der Waals surface area (Å²) < 4.78 is 0. The molecule has 1 aliphatic rings. The molecule has 2 atom stereocenters. The Morgan fingerprint density at radius 3 is 2.67 bits per heavy atom. The van der Waals surface area contributed by atoms with Crippen LogP contribution in [0.1, 0.15) is 58.8 Å². The van der Waals surface area contributed by atoms with Crippen LogP contribution in [0.15, 0.2) is 0 Å². The largest absolute Gasteiger partial charge is 0.313 e. The van der Waals surface area contributed by atoms with Gasteiger partial charge in [0, 0.05) is 11.3 Å². The van der Waals surface area contributed by atoms with E-state index in [0.29, 0.717) is 0 Å². The molecular formula is C13H27NS. The van der Waals surface area contributed by atoms with Crippen LogP contribution in [-0.2, 0) is 0 Å². The molecule has 0 heterocycles. The van der Waals surface area contributed by atoms with Crippen molar-refractivity contribution < 1.29 is 0 Å². The normalized spacial score (nSPS) is 26.8. The fourth-order valence-electron chi connectivity index (χ4n) is 2.38. The second-order valence-electron chi connectivity index (χ2n) is 4.56. The Labute approximate surface area is 99.8 Å². The summed E-state index contributed by atoms with van der Waals surface area (Å²) in [5.74, 6) is 1.38. The predicted molar refractivity (Wildman–Crippen MR) is 71.7 cm³/mol. The van der Waals surface area contributed by atoms with Crippen LogP contribution in [0.5, 0.6) is 0 Å². The molecule has 0 amide bonds. The van der Waals surface area contributed by atoms with E-state index in [-0.39, 0.29) is 0 Å². The Morgan fingerprint density at radius 1 is 1.13 bits per heavy atom. The minimum absolute atomic E-state index is 0.801. The van der Waals surface area contributed by atoms with Crippen molar-refractivity contribution in [1.82, 2.24) is 5.32 Å². The van der Waals surface area contributed by atoms with Gasteiger partial charge in [-0.1, -0.05) is 39.5 Å². The molecule has 0 radical (unpaired) electrons. The number of rotatable bonds is 7. The van der Waals surface area contributed by atoms with E-state index in [4.69, 9.17) is 0 Å². The first-order valence-corrected chi connectivity index (χ1v) is 7.78. The number of unbranched alkanes of at least 4 members (excludes halogenated alkanes) is 2. The lowest BCUT2D eigenvalue weighted by molar-refractivity contribution is 0.390. The molecule has 0 bridgehead atoms. The highest BCUT2D eigenvalue weighted by atomic mass is 32.2. The molecule has 1 rings (SSSR count). The summed E-state index contributed by atoms with van der Waals surface area (Å²) in [4.78, 5) is 0. The van der Waals surface area contributed by atoms with Crippen LogP contribution in [0, 0.1) is 0 Å². The van der Waals surface area contributed by atoms with Gasteiger partial charge in [0.2, 0.25) is 0 Å². The monoisotopic (exact) mass is 229 g/mol. The van der Waals surface area contributed by atoms with Gasteiger partial charge in [0.15, 0.2) is 0 Å². The maximum Gasteiger partial charge on any atom is 0.0201 e. The zero-order valence-electron chi connectivity index (χ0n) is 10.4. The van der Waals surface area contributed by atoms with Crippen molar-refractivity contribution in [3.05, 3.63) is 0 Å². The first-order valence-electron chi connectivity index (χ1n) is 6.73. The van der Waals surface area contributed by atoms with Crippen molar-refractivity contribution in [2.45, 2.75) is 70.1 Å². The molecule has 1 aliphatic carbocycles. The number of hydrogen-bond acceptors (Lipinski definition) is 2. The molecule has 0 aromatic heterocycles. The average Bonchev–Trinajstić information content (AvgIpc) is 2.27. The number of thioether (sulfide) groups is 1. The van der Waals surface area contributed by atoms with Crippen LogP contribution in [0.25, 0.3) is 0 Å². The summed E-state index contributed by atoms with van der Waals surface area (Å²) in [5.41, 5.74) is 0. The van der Waals surface area contributed by atoms with E-state index in [0.717, 1.165) is 17.8 Å². The lowest BCUT2D eigenvalue weighted by atomic mass is 9.95. The topological polar surface area (TPSA) is 12.0 Å². The van der Waals surface area contributed by atoms with Gasteiger partial charge >= 0.3 is 0 Å². The van der Waals surface area contributed by atoms with Crippen molar-refractivity contribution >= 4 is 11.8 Å². The molecule has 2 heteroatoms. The van der Waals surface area contributed by atoms with Crippen LogP contribution in [0.4, 0.5) is 0 Å². The third kappa shape index (κ3) is 5.26. The van der Waals surface area contributed by atoms with Crippen LogP contribution in [0.2, 0.25) is 0 Å². The fraction of sp³-hybridized carbons (Fsp3) is 1.00. The Kier molecular flexibility index (Phi) is 7.54. The van der Waals surface area contributed by atoms with Crippen LogP contribution >= 0.6 is 11.8 Å². The smallest absolute Gasteiger partial charge is 0.0201 e. The maximum atomic E-state index is 3.65. The Hall–Kier alpha value is 0.310. The van der Waals surface area contributed by atoms with Crippen molar-refractivity contribution in [3.63, 3.8) is 0 Å². The first-order chi connectivity index (χ1) is 7.38. The molecule has 90 valence electrons. The van der Waals surface area contributed by atoms with E-state index >= 15 is 0 Å². The highest BCUT2D eigenvalue weighted by Crippen LogP contribution is 2.29. The van der Waals surface area contributed by atoms with Crippen molar-refractivity contribution in [3.8, 4) is 0 Å². The standard InChI is InChI=1S/C13H27NS/c1-3-5-8-11-15-13-10-7-6-9-12(13)14-4-2/h12-14H,3-11H2,1-2H3. The molecule has 0 saturated heterocycles. The maximum absolute atomic E-state index is 3.65. The van der Waals surface area contributed by atoms with Crippen LogP contribution < -0.4 is 5.32 Å². The van der Waals surface area contributed by atoms with Gasteiger partial charge in [-0.05, 0) is 31.6 Å². The molecule has 1 saturated carbocycles. The molecule has 1 nitrogen and oxygen atoms in total. The van der Waals surface area contributed by atoms with Gasteiger partial charge in [0.1, 0.15) is 0 Å². The molecule has 0 spiro atoms. The summed E-state index contributed by atoms with van der Waals surface area (Å²) in [6, 6.07) is 0.801. The lowest BCUT2D eigenvalue weighted by Crippen LogP contribution is -2.40. The second kappa shape index (κ2) is 8.46. The minimum atomic E-state index is 0.801. The molecule has 0 aromatic rings. The van der Waals surface area contributed by atoms with Gasteiger partial charge in [0.05, 0.1) is 0 Å². The SMILES string of the molecule is CCCCCSC1CCCCC1NCC. The molecular weight excluding hydrogens is 202 g/mol. The van der Waals surface area contributed by atoms with Crippen molar-refractivity contribution in [1.29, 1.82) is 0 Å². The van der Waals surface area contributed by atoms with E-state index in [1.54, 1.807) is 0 Å². The molecule has 0 aromatic carbocycles. The third-order valence-electron chi connectivity index (χ3n) is 3.25. The summed E-state index contributed by atoms with van der Waals surface area (Å²) in [5, 5.41) is 4.55. The van der Waals surface area contributed by atoms with Gasteiger partial charge in [-0.25, -0.2) is 0 Å². The Morgan fingerprint density at radius 2 is 1.93 bits per heavy atom. The number of nitrogens with one attached hydrogen (secondary N) is 1. The zero-order valence-corrected chi connectivity index (χ0v) is 11.2. The zero-order chi connectivity index (χ0) is 10.9. The second-order valence-corrected chi connectivity index (χ2v) is 5.91. The first kappa shape index (κ1) is 13.4. The fourth-order valence-corrected chi connectivity index (χ4v) is 3.85. The quantitative estimate of drug-likeness (QED) is 0.666. The van der Waals surface area contributed by atoms with E-state index < -0.39 is 0 Å². The van der Waals surface area contributed by atoms with Gasteiger partial charge in [-0.3, -0.25) is 0 Å². The van der Waals surface area contributed by atoms with E-state index in [1.807, 2.05) is 0 Å². The average molecular weight is 229 g/mol. The van der Waals surface area contributed by atoms with Crippen LogP contribution in [-0.4, -0.2) is 23.6 Å². The molecule has 1 fully saturated rings. The minimum Gasteiger partial charge on any atom is -0.313 e. The summed E-state index contributed by atoms with van der Waals surface area (Å²) >= 11 is 2.22. The molecule has 1 N–H and O–H groups in total. The molecule has 2 unspecified atom stereocenters. The van der Waals surface area contributed by atoms with E-state index in [9.17, 15) is 0 Å². The van der Waals surface area contributed by atoms with Gasteiger partial charge < -0.3 is 5.32 Å². The lowest BCUT2D eigenvalue weighted by Gasteiger charge is -2.31. The van der Waals surface area contributed by atoms with Crippen molar-refractivity contribution in [2.24, 2.45) is 0 Å². The molecule has 0 aliphatic heterocycles.